The van der Waals surface area contributed by atoms with E-state index in [0.717, 1.165) is 42.4 Å². The second-order valence-corrected chi connectivity index (χ2v) is 8.69. The molecule has 3 fully saturated rings. The molecule has 2 saturated carbocycles. The summed E-state index contributed by atoms with van der Waals surface area (Å²) in [6.07, 6.45) is 4.28. The quantitative estimate of drug-likeness (QED) is 0.343. The molecule has 3 aliphatic rings. The van der Waals surface area contributed by atoms with Crippen LogP contribution in [0.15, 0.2) is 65.3 Å². The van der Waals surface area contributed by atoms with Crippen LogP contribution in [0.5, 0.6) is 0 Å². The van der Waals surface area contributed by atoms with E-state index >= 15 is 0 Å². The van der Waals surface area contributed by atoms with Gasteiger partial charge in [-0.3, -0.25) is 0 Å². The van der Waals surface area contributed by atoms with Crippen LogP contribution in [0.1, 0.15) is 36.8 Å². The third-order valence-electron chi connectivity index (χ3n) is 5.68. The van der Waals surface area contributed by atoms with Gasteiger partial charge < -0.3 is 4.74 Å². The Morgan fingerprint density at radius 1 is 0.690 bits per heavy atom. The minimum atomic E-state index is -0.580. The van der Waals surface area contributed by atoms with Gasteiger partial charge in [0, 0.05) is 15.6 Å². The van der Waals surface area contributed by atoms with Gasteiger partial charge in [-0.25, -0.2) is 9.59 Å². The monoisotopic (exact) mass is 424 g/mol. The van der Waals surface area contributed by atoms with E-state index in [0.29, 0.717) is 38.6 Å². The van der Waals surface area contributed by atoms with Crippen molar-refractivity contribution in [2.45, 2.75) is 25.7 Å². The maximum Gasteiger partial charge on any atom is 0.347 e. The lowest BCUT2D eigenvalue weighted by molar-refractivity contribution is -0.149. The normalized spacial score (nSPS) is 18.8. The molecule has 1 saturated heterocycles. The molecule has 0 spiro atoms. The fraction of sp³-hybridized carbons (Fsp3) is 0.250. The molecule has 0 atom stereocenters. The number of carbonyl (C=O) groups excluding carboxylic acids is 2. The van der Waals surface area contributed by atoms with Crippen LogP contribution in [-0.4, -0.2) is 11.9 Å². The summed E-state index contributed by atoms with van der Waals surface area (Å²) in [5.74, 6) is -0.312. The van der Waals surface area contributed by atoms with Gasteiger partial charge in [0.15, 0.2) is 0 Å². The number of halogens is 2. The lowest BCUT2D eigenvalue weighted by Crippen LogP contribution is -2.06. The number of hydrogen-bond donors (Lipinski definition) is 0. The third kappa shape index (κ3) is 3.54. The number of benzene rings is 2. The predicted octanol–water partition coefficient (Wildman–Crippen LogP) is 6.00. The predicted molar refractivity (Wildman–Crippen MR) is 112 cm³/mol. The molecule has 0 radical (unpaired) electrons. The Labute approximate surface area is 179 Å². The first-order valence-corrected chi connectivity index (χ1v) is 10.6. The Hall–Kier alpha value is -2.36. The molecule has 146 valence electrons. The van der Waals surface area contributed by atoms with Crippen LogP contribution < -0.4 is 0 Å². The van der Waals surface area contributed by atoms with Crippen molar-refractivity contribution >= 4 is 40.7 Å². The summed E-state index contributed by atoms with van der Waals surface area (Å²) < 4.78 is 5.15. The summed E-state index contributed by atoms with van der Waals surface area (Å²) in [7, 11) is 0. The summed E-state index contributed by atoms with van der Waals surface area (Å²) in [6, 6.07) is 14.6. The van der Waals surface area contributed by atoms with Crippen LogP contribution in [0, 0.1) is 11.8 Å². The van der Waals surface area contributed by atoms with Gasteiger partial charge in [-0.2, -0.15) is 0 Å². The van der Waals surface area contributed by atoms with Crippen molar-refractivity contribution in [2.75, 3.05) is 0 Å². The number of hydrogen-bond acceptors (Lipinski definition) is 3. The second kappa shape index (κ2) is 7.16. The molecular formula is C24H18Cl2O3. The lowest BCUT2D eigenvalue weighted by Gasteiger charge is -2.14. The molecule has 0 unspecified atom stereocenters. The van der Waals surface area contributed by atoms with Crippen molar-refractivity contribution in [2.24, 2.45) is 11.8 Å². The smallest absolute Gasteiger partial charge is 0.347 e. The Kier molecular flexibility index (Phi) is 4.60. The Morgan fingerprint density at radius 2 is 1.10 bits per heavy atom. The largest absolute Gasteiger partial charge is 0.386 e. The van der Waals surface area contributed by atoms with Gasteiger partial charge in [0.25, 0.3) is 0 Å². The van der Waals surface area contributed by atoms with Crippen molar-refractivity contribution < 1.29 is 14.3 Å². The van der Waals surface area contributed by atoms with Crippen molar-refractivity contribution in [3.8, 4) is 0 Å². The van der Waals surface area contributed by atoms with E-state index in [1.807, 2.05) is 24.3 Å². The molecule has 0 N–H and O–H groups in total. The third-order valence-corrected chi connectivity index (χ3v) is 6.19. The van der Waals surface area contributed by atoms with E-state index < -0.39 is 11.9 Å². The van der Waals surface area contributed by atoms with Crippen LogP contribution >= 0.6 is 23.2 Å². The zero-order chi connectivity index (χ0) is 20.1. The lowest BCUT2D eigenvalue weighted by atomic mass is 9.86. The van der Waals surface area contributed by atoms with Gasteiger partial charge >= 0.3 is 11.9 Å². The highest BCUT2D eigenvalue weighted by Crippen LogP contribution is 2.53. The van der Waals surface area contributed by atoms with Crippen molar-refractivity contribution in [1.29, 1.82) is 0 Å². The fourth-order valence-corrected chi connectivity index (χ4v) is 4.35. The minimum absolute atomic E-state index is 0.369. The van der Waals surface area contributed by atoms with Crippen molar-refractivity contribution in [3.05, 3.63) is 86.4 Å². The van der Waals surface area contributed by atoms with Crippen LogP contribution in [0.25, 0.3) is 5.57 Å². The standard InChI is InChI=1S/C24H18Cl2O3/c25-17-9-5-15(6-10-17)20(16-7-11-18(26)12-8-16)22-21(23(27)29-24(22)28)19(13-1-2-13)14-3-4-14/h5-14H,1-4H2. The molecule has 1 heterocycles. The molecule has 0 aromatic heterocycles. The second-order valence-electron chi connectivity index (χ2n) is 7.82. The Bertz CT molecular complexity index is 1010. The maximum atomic E-state index is 12.9. The maximum absolute atomic E-state index is 12.9. The van der Waals surface area contributed by atoms with E-state index in [4.69, 9.17) is 27.9 Å². The van der Waals surface area contributed by atoms with E-state index in [1.165, 1.54) is 0 Å². The fourth-order valence-electron chi connectivity index (χ4n) is 4.10. The van der Waals surface area contributed by atoms with E-state index in [9.17, 15) is 9.59 Å². The number of rotatable bonds is 4. The highest BCUT2D eigenvalue weighted by atomic mass is 35.5. The van der Waals surface area contributed by atoms with Gasteiger partial charge in [-0.15, -0.1) is 0 Å². The summed E-state index contributed by atoms with van der Waals surface area (Å²) >= 11 is 12.2. The molecule has 5 heteroatoms. The summed E-state index contributed by atoms with van der Waals surface area (Å²) in [6.45, 7) is 0. The highest BCUT2D eigenvalue weighted by molar-refractivity contribution is 6.31. The molecule has 2 aromatic carbocycles. The summed E-state index contributed by atoms with van der Waals surface area (Å²) in [5, 5.41) is 1.21. The first-order chi connectivity index (χ1) is 14.0. The average molecular weight is 425 g/mol. The summed E-state index contributed by atoms with van der Waals surface area (Å²) in [4.78, 5) is 25.7. The van der Waals surface area contributed by atoms with Gasteiger partial charge in [0.2, 0.25) is 0 Å². The molecule has 5 rings (SSSR count). The van der Waals surface area contributed by atoms with E-state index in [1.54, 1.807) is 24.3 Å². The molecular weight excluding hydrogens is 407 g/mol. The van der Waals surface area contributed by atoms with E-state index in [2.05, 4.69) is 0 Å². The molecule has 1 aliphatic heterocycles. The molecule has 3 nitrogen and oxygen atoms in total. The highest BCUT2D eigenvalue weighted by Gasteiger charge is 2.46. The van der Waals surface area contributed by atoms with Gasteiger partial charge in [0.05, 0.1) is 11.1 Å². The first-order valence-electron chi connectivity index (χ1n) is 9.80. The molecule has 0 bridgehead atoms. The van der Waals surface area contributed by atoms with Gasteiger partial charge in [-0.1, -0.05) is 47.5 Å². The van der Waals surface area contributed by atoms with Crippen LogP contribution in [0.4, 0.5) is 0 Å². The van der Waals surface area contributed by atoms with Crippen molar-refractivity contribution in [3.63, 3.8) is 0 Å². The minimum Gasteiger partial charge on any atom is -0.386 e. The van der Waals surface area contributed by atoms with Gasteiger partial charge in [-0.05, 0) is 78.5 Å². The molecule has 2 aliphatic carbocycles. The van der Waals surface area contributed by atoms with Crippen LogP contribution in [-0.2, 0) is 14.3 Å². The average Bonchev–Trinajstić information content (AvgIpc) is 3.61. The molecule has 0 amide bonds. The number of ether oxygens (including phenoxy) is 1. The number of cyclic esters (lactones) is 2. The molecule has 29 heavy (non-hydrogen) atoms. The Balaban J connectivity index is 1.81. The van der Waals surface area contributed by atoms with Gasteiger partial charge in [0.1, 0.15) is 0 Å². The van der Waals surface area contributed by atoms with E-state index in [-0.39, 0.29) is 0 Å². The number of allylic oxidation sites excluding steroid dienone is 1. The SMILES string of the molecule is O=C1OC(=O)C(=C(C2CC2)C2CC2)C1=C(c1ccc(Cl)cc1)c1ccc(Cl)cc1. The number of carbonyl (C=O) groups is 2. The zero-order valence-electron chi connectivity index (χ0n) is 15.6. The van der Waals surface area contributed by atoms with Crippen LogP contribution in [0.2, 0.25) is 10.0 Å². The Morgan fingerprint density at radius 3 is 1.52 bits per heavy atom. The first kappa shape index (κ1) is 18.7. The number of esters is 2. The zero-order valence-corrected chi connectivity index (χ0v) is 17.1. The topological polar surface area (TPSA) is 43.4 Å². The van der Waals surface area contributed by atoms with Crippen LogP contribution in [0.3, 0.4) is 0 Å². The molecule has 2 aromatic rings. The van der Waals surface area contributed by atoms with Crippen molar-refractivity contribution in [1.82, 2.24) is 0 Å². The summed E-state index contributed by atoms with van der Waals surface area (Å²) in [5.41, 5.74) is 4.27.